The second-order valence-corrected chi connectivity index (χ2v) is 4.58. The van der Waals surface area contributed by atoms with Crippen LogP contribution < -0.4 is 5.73 Å². The van der Waals surface area contributed by atoms with E-state index in [2.05, 4.69) is 34.2 Å². The number of aromatic nitrogens is 2. The van der Waals surface area contributed by atoms with Crippen LogP contribution >= 0.6 is 0 Å². The number of nitrogen functional groups attached to an aromatic ring is 1. The summed E-state index contributed by atoms with van der Waals surface area (Å²) < 4.78 is 0. The first-order chi connectivity index (χ1) is 8.33. The van der Waals surface area contributed by atoms with Crippen LogP contribution in [0.5, 0.6) is 0 Å². The van der Waals surface area contributed by atoms with Gasteiger partial charge in [0.1, 0.15) is 5.82 Å². The molecule has 0 atom stereocenters. The van der Waals surface area contributed by atoms with Crippen LogP contribution in [0, 0.1) is 0 Å². The Morgan fingerprint density at radius 2 is 1.82 bits per heavy atom. The van der Waals surface area contributed by atoms with Crippen molar-refractivity contribution < 1.29 is 0 Å². The summed E-state index contributed by atoms with van der Waals surface area (Å²) in [7, 11) is 0. The van der Waals surface area contributed by atoms with E-state index in [0.717, 1.165) is 17.2 Å². The number of anilines is 1. The molecule has 0 saturated heterocycles. The first-order valence-electron chi connectivity index (χ1n) is 6.01. The maximum Gasteiger partial charge on any atom is 0.142 e. The van der Waals surface area contributed by atoms with Crippen molar-refractivity contribution in [1.29, 1.82) is 0 Å². The van der Waals surface area contributed by atoms with Crippen LogP contribution in [0.15, 0.2) is 36.7 Å². The molecule has 1 aliphatic rings. The highest BCUT2D eigenvalue weighted by Crippen LogP contribution is 2.36. The van der Waals surface area contributed by atoms with Gasteiger partial charge >= 0.3 is 0 Å². The summed E-state index contributed by atoms with van der Waals surface area (Å²) in [6.07, 6.45) is 7.34. The minimum atomic E-state index is 0.463. The SMILES string of the molecule is Nc1cncc(-c2ccc(C3CCC3)cc2)n1. The average molecular weight is 225 g/mol. The third kappa shape index (κ3) is 2.00. The van der Waals surface area contributed by atoms with E-state index in [9.17, 15) is 0 Å². The summed E-state index contributed by atoms with van der Waals surface area (Å²) in [5.41, 5.74) is 8.99. The van der Waals surface area contributed by atoms with E-state index in [1.54, 1.807) is 12.4 Å². The molecule has 86 valence electrons. The van der Waals surface area contributed by atoms with Crippen LogP contribution in [0.4, 0.5) is 5.82 Å². The number of rotatable bonds is 2. The standard InChI is InChI=1S/C14H15N3/c15-14-9-16-8-13(17-14)12-6-4-11(5-7-12)10-2-1-3-10/h4-10H,1-3H2,(H2,15,17). The lowest BCUT2D eigenvalue weighted by atomic mass is 9.80. The van der Waals surface area contributed by atoms with E-state index < -0.39 is 0 Å². The van der Waals surface area contributed by atoms with E-state index in [0.29, 0.717) is 5.82 Å². The van der Waals surface area contributed by atoms with Crippen molar-refractivity contribution in [3.05, 3.63) is 42.2 Å². The van der Waals surface area contributed by atoms with Crippen LogP contribution in [0.25, 0.3) is 11.3 Å². The third-order valence-corrected chi connectivity index (χ3v) is 3.44. The molecule has 0 amide bonds. The molecule has 2 N–H and O–H groups in total. The third-order valence-electron chi connectivity index (χ3n) is 3.44. The highest BCUT2D eigenvalue weighted by atomic mass is 14.9. The monoisotopic (exact) mass is 225 g/mol. The van der Waals surface area contributed by atoms with Gasteiger partial charge in [-0.3, -0.25) is 4.98 Å². The Bertz CT molecular complexity index is 515. The molecule has 0 aliphatic heterocycles. The number of nitrogens with two attached hydrogens (primary N) is 1. The molecular weight excluding hydrogens is 210 g/mol. The smallest absolute Gasteiger partial charge is 0.142 e. The van der Waals surface area contributed by atoms with Crippen LogP contribution in [0.1, 0.15) is 30.7 Å². The molecule has 2 aromatic rings. The van der Waals surface area contributed by atoms with Crippen molar-refractivity contribution in [2.45, 2.75) is 25.2 Å². The predicted molar refractivity (Wildman–Crippen MR) is 68.5 cm³/mol. The van der Waals surface area contributed by atoms with Gasteiger partial charge in [-0.2, -0.15) is 0 Å². The van der Waals surface area contributed by atoms with Gasteiger partial charge < -0.3 is 5.73 Å². The summed E-state index contributed by atoms with van der Waals surface area (Å²) in [4.78, 5) is 8.33. The zero-order valence-electron chi connectivity index (χ0n) is 9.63. The van der Waals surface area contributed by atoms with Gasteiger partial charge in [0.25, 0.3) is 0 Å². The topological polar surface area (TPSA) is 51.8 Å². The van der Waals surface area contributed by atoms with Crippen molar-refractivity contribution in [3.8, 4) is 11.3 Å². The Morgan fingerprint density at radius 1 is 1.06 bits per heavy atom. The number of nitrogens with zero attached hydrogens (tertiary/aromatic N) is 2. The summed E-state index contributed by atoms with van der Waals surface area (Å²) in [6.45, 7) is 0. The Kier molecular flexibility index (Phi) is 2.52. The number of hydrogen-bond acceptors (Lipinski definition) is 3. The molecular formula is C14H15N3. The Balaban J connectivity index is 1.88. The van der Waals surface area contributed by atoms with Crippen LogP contribution in [0.3, 0.4) is 0 Å². The zero-order valence-corrected chi connectivity index (χ0v) is 9.63. The molecule has 0 radical (unpaired) electrons. The number of hydrogen-bond donors (Lipinski definition) is 1. The molecule has 1 heterocycles. The first kappa shape index (κ1) is 10.3. The highest BCUT2D eigenvalue weighted by Gasteiger charge is 2.19. The molecule has 1 saturated carbocycles. The molecule has 1 fully saturated rings. The second-order valence-electron chi connectivity index (χ2n) is 4.58. The lowest BCUT2D eigenvalue weighted by Gasteiger charge is -2.25. The lowest BCUT2D eigenvalue weighted by Crippen LogP contribution is -2.08. The number of benzene rings is 1. The van der Waals surface area contributed by atoms with Crippen molar-refractivity contribution >= 4 is 5.82 Å². The maximum absolute atomic E-state index is 5.63. The molecule has 3 rings (SSSR count). The van der Waals surface area contributed by atoms with Gasteiger partial charge in [-0.1, -0.05) is 30.7 Å². The Hall–Kier alpha value is -1.90. The van der Waals surface area contributed by atoms with Crippen molar-refractivity contribution in [2.75, 3.05) is 5.73 Å². The highest BCUT2D eigenvalue weighted by molar-refractivity contribution is 5.60. The molecule has 1 aromatic carbocycles. The Labute approximate surface area is 101 Å². The zero-order chi connectivity index (χ0) is 11.7. The minimum Gasteiger partial charge on any atom is -0.382 e. The summed E-state index contributed by atoms with van der Waals surface area (Å²) >= 11 is 0. The van der Waals surface area contributed by atoms with Gasteiger partial charge in [0.15, 0.2) is 0 Å². The fourth-order valence-electron chi connectivity index (χ4n) is 2.19. The molecule has 3 nitrogen and oxygen atoms in total. The van der Waals surface area contributed by atoms with Gasteiger partial charge in [0.05, 0.1) is 18.1 Å². The fourth-order valence-corrected chi connectivity index (χ4v) is 2.19. The molecule has 0 bridgehead atoms. The average Bonchev–Trinajstić information content (AvgIpc) is 2.28. The van der Waals surface area contributed by atoms with Crippen molar-refractivity contribution in [2.24, 2.45) is 0 Å². The van der Waals surface area contributed by atoms with E-state index in [-0.39, 0.29) is 0 Å². The molecule has 17 heavy (non-hydrogen) atoms. The lowest BCUT2D eigenvalue weighted by molar-refractivity contribution is 0.420. The van der Waals surface area contributed by atoms with E-state index in [1.807, 2.05) is 0 Å². The molecule has 0 unspecified atom stereocenters. The van der Waals surface area contributed by atoms with Crippen molar-refractivity contribution in [3.63, 3.8) is 0 Å². The Morgan fingerprint density at radius 3 is 2.41 bits per heavy atom. The first-order valence-corrected chi connectivity index (χ1v) is 6.01. The van der Waals surface area contributed by atoms with Crippen molar-refractivity contribution in [1.82, 2.24) is 9.97 Å². The summed E-state index contributed by atoms with van der Waals surface area (Å²) in [6, 6.07) is 8.61. The van der Waals surface area contributed by atoms with E-state index in [4.69, 9.17) is 5.73 Å². The van der Waals surface area contributed by atoms with Gasteiger partial charge in [0, 0.05) is 5.56 Å². The second kappa shape index (κ2) is 4.17. The van der Waals surface area contributed by atoms with E-state index >= 15 is 0 Å². The molecule has 1 aromatic heterocycles. The predicted octanol–water partition coefficient (Wildman–Crippen LogP) is 2.99. The largest absolute Gasteiger partial charge is 0.382 e. The van der Waals surface area contributed by atoms with Gasteiger partial charge in [0.2, 0.25) is 0 Å². The van der Waals surface area contributed by atoms with E-state index in [1.165, 1.54) is 24.8 Å². The van der Waals surface area contributed by atoms with Crippen LogP contribution in [-0.4, -0.2) is 9.97 Å². The van der Waals surface area contributed by atoms with Gasteiger partial charge in [-0.05, 0) is 24.3 Å². The normalized spacial score (nSPS) is 15.5. The molecule has 1 aliphatic carbocycles. The molecule has 3 heteroatoms. The maximum atomic E-state index is 5.63. The summed E-state index contributed by atoms with van der Waals surface area (Å²) in [5.74, 6) is 1.24. The van der Waals surface area contributed by atoms with Crippen LogP contribution in [0.2, 0.25) is 0 Å². The molecule has 0 spiro atoms. The summed E-state index contributed by atoms with van der Waals surface area (Å²) in [5, 5.41) is 0. The minimum absolute atomic E-state index is 0.463. The fraction of sp³-hybridized carbons (Fsp3) is 0.286. The van der Waals surface area contributed by atoms with Crippen LogP contribution in [-0.2, 0) is 0 Å². The quantitative estimate of drug-likeness (QED) is 0.854. The van der Waals surface area contributed by atoms with Gasteiger partial charge in [-0.25, -0.2) is 4.98 Å². The van der Waals surface area contributed by atoms with Gasteiger partial charge in [-0.15, -0.1) is 0 Å².